The van der Waals surface area contributed by atoms with Gasteiger partial charge >= 0.3 is 6.18 Å². The minimum Gasteiger partial charge on any atom is -0.494 e. The van der Waals surface area contributed by atoms with E-state index in [0.29, 0.717) is 42.4 Å². The zero-order chi connectivity index (χ0) is 27.7. The second-order valence-corrected chi connectivity index (χ2v) is 9.20. The summed E-state index contributed by atoms with van der Waals surface area (Å²) in [5, 5.41) is 0.311. The highest BCUT2D eigenvalue weighted by Gasteiger charge is 2.34. The van der Waals surface area contributed by atoms with Gasteiger partial charge in [-0.3, -0.25) is 9.59 Å². The number of nitrogens with two attached hydrogens (primary N) is 1. The van der Waals surface area contributed by atoms with Gasteiger partial charge in [0.05, 0.1) is 13.7 Å². The molecule has 5 rings (SSSR count). The molecule has 0 bridgehead atoms. The van der Waals surface area contributed by atoms with Crippen LogP contribution in [0.15, 0.2) is 59.0 Å². The maximum atomic E-state index is 13.4. The lowest BCUT2D eigenvalue weighted by Crippen LogP contribution is -2.40. The molecule has 39 heavy (non-hydrogen) atoms. The predicted octanol–water partition coefficient (Wildman–Crippen LogP) is 5.11. The first kappa shape index (κ1) is 26.4. The molecular weight excluding hydrogens is 513 g/mol. The summed E-state index contributed by atoms with van der Waals surface area (Å²) in [7, 11) is 1.33. The fourth-order valence-corrected chi connectivity index (χ4v) is 4.81. The van der Waals surface area contributed by atoms with Crippen LogP contribution in [-0.4, -0.2) is 46.8 Å². The Kier molecular flexibility index (Phi) is 7.09. The van der Waals surface area contributed by atoms with Crippen molar-refractivity contribution in [2.75, 3.05) is 20.2 Å². The highest BCUT2D eigenvalue weighted by atomic mass is 19.4. The van der Waals surface area contributed by atoms with E-state index in [1.54, 1.807) is 23.1 Å². The molecule has 0 aliphatic carbocycles. The largest absolute Gasteiger partial charge is 0.494 e. The molecule has 1 fully saturated rings. The van der Waals surface area contributed by atoms with Gasteiger partial charge in [-0.1, -0.05) is 30.3 Å². The third kappa shape index (κ3) is 5.09. The van der Waals surface area contributed by atoms with Gasteiger partial charge in [-0.2, -0.15) is 13.2 Å². The van der Waals surface area contributed by atoms with Crippen LogP contribution in [0.2, 0.25) is 0 Å². The molecule has 1 aliphatic rings. The monoisotopic (exact) mass is 538 g/mol. The van der Waals surface area contributed by atoms with E-state index in [9.17, 15) is 22.8 Å². The van der Waals surface area contributed by atoms with Crippen LogP contribution in [0.3, 0.4) is 0 Å². The van der Waals surface area contributed by atoms with E-state index < -0.39 is 11.9 Å². The number of ether oxygens (including phenoxy) is 1. The Morgan fingerprint density at radius 1 is 1.05 bits per heavy atom. The van der Waals surface area contributed by atoms with Crippen LogP contribution in [0.1, 0.15) is 45.1 Å². The fraction of sp³-hybridized carbons (Fsp3) is 0.286. The molecule has 0 atom stereocenters. The Morgan fingerprint density at radius 3 is 2.41 bits per heavy atom. The number of rotatable bonds is 6. The van der Waals surface area contributed by atoms with Crippen molar-refractivity contribution < 1.29 is 31.9 Å². The minimum atomic E-state index is -4.64. The van der Waals surface area contributed by atoms with Crippen molar-refractivity contribution in [3.05, 3.63) is 77.3 Å². The first-order chi connectivity index (χ1) is 18.7. The Labute approximate surface area is 221 Å². The number of alkyl halides is 3. The topological polar surface area (TPSA) is 112 Å². The number of Topliss-reactive ketones (excluding diaryl/α,β-unsaturated/α-hetero) is 1. The summed E-state index contributed by atoms with van der Waals surface area (Å²) in [6, 6.07) is 14.2. The maximum Gasteiger partial charge on any atom is 0.433 e. The van der Waals surface area contributed by atoms with Crippen LogP contribution in [0, 0.1) is 5.92 Å². The summed E-state index contributed by atoms with van der Waals surface area (Å²) in [6.07, 6.45) is -3.61. The molecular formula is C28H25F3N4O4. The second-order valence-electron chi connectivity index (χ2n) is 9.20. The molecule has 202 valence electrons. The van der Waals surface area contributed by atoms with Crippen molar-refractivity contribution in [2.24, 2.45) is 11.7 Å². The van der Waals surface area contributed by atoms with E-state index in [0.717, 1.165) is 6.07 Å². The standard InChI is InChI=1S/C28H25F3N4O4/c1-38-20-9-7-19(18-8-10-22(28(29,30)31)33-23(18)20)26-34-24(21(15-32)39-26)27(37)35-13-11-17(12-14-35)25(36)16-5-3-2-4-6-16/h2-10,17H,11-15,32H2,1H3. The number of fused-ring (bicyclic) bond motifs is 1. The zero-order valence-electron chi connectivity index (χ0n) is 21.0. The fourth-order valence-electron chi connectivity index (χ4n) is 4.81. The highest BCUT2D eigenvalue weighted by molar-refractivity contribution is 5.99. The van der Waals surface area contributed by atoms with Gasteiger partial charge in [0.2, 0.25) is 5.89 Å². The molecule has 0 radical (unpaired) electrons. The average molecular weight is 539 g/mol. The van der Waals surface area contributed by atoms with E-state index in [4.69, 9.17) is 14.9 Å². The van der Waals surface area contributed by atoms with Crippen molar-refractivity contribution in [2.45, 2.75) is 25.6 Å². The molecule has 0 saturated carbocycles. The SMILES string of the molecule is COc1ccc(-c2nc(C(=O)N3CCC(C(=O)c4ccccc4)CC3)c(CN)o2)c2ccc(C(F)(F)F)nc12. The quantitative estimate of drug-likeness (QED) is 0.340. The normalized spacial score (nSPS) is 14.5. The number of carbonyl (C=O) groups excluding carboxylic acids is 2. The van der Waals surface area contributed by atoms with Gasteiger partial charge in [0.15, 0.2) is 17.2 Å². The van der Waals surface area contributed by atoms with Crippen molar-refractivity contribution in [3.63, 3.8) is 0 Å². The number of hydrogen-bond acceptors (Lipinski definition) is 7. The number of aromatic nitrogens is 2. The smallest absolute Gasteiger partial charge is 0.433 e. The number of piperidine rings is 1. The first-order valence-corrected chi connectivity index (χ1v) is 12.3. The van der Waals surface area contributed by atoms with E-state index >= 15 is 0 Å². The van der Waals surface area contributed by atoms with Crippen molar-refractivity contribution in [3.8, 4) is 17.2 Å². The minimum absolute atomic E-state index is 0.0182. The van der Waals surface area contributed by atoms with Gasteiger partial charge in [-0.15, -0.1) is 0 Å². The lowest BCUT2D eigenvalue weighted by Gasteiger charge is -2.31. The Balaban J connectivity index is 1.41. The van der Waals surface area contributed by atoms with Crippen molar-refractivity contribution >= 4 is 22.6 Å². The van der Waals surface area contributed by atoms with Gasteiger partial charge < -0.3 is 19.8 Å². The molecule has 3 heterocycles. The zero-order valence-corrected chi connectivity index (χ0v) is 21.0. The number of nitrogens with zero attached hydrogens (tertiary/aromatic N) is 3. The van der Waals surface area contributed by atoms with E-state index in [1.807, 2.05) is 18.2 Å². The number of oxazole rings is 1. The molecule has 4 aromatic rings. The molecule has 11 heteroatoms. The van der Waals surface area contributed by atoms with E-state index in [1.165, 1.54) is 19.2 Å². The van der Waals surface area contributed by atoms with Crippen molar-refractivity contribution in [1.82, 2.24) is 14.9 Å². The molecule has 0 unspecified atom stereocenters. The van der Waals surface area contributed by atoms with Crippen molar-refractivity contribution in [1.29, 1.82) is 0 Å². The van der Waals surface area contributed by atoms with Crippen LogP contribution in [-0.2, 0) is 12.7 Å². The van der Waals surface area contributed by atoms with E-state index in [-0.39, 0.29) is 52.8 Å². The van der Waals surface area contributed by atoms with Crippen LogP contribution in [0.4, 0.5) is 13.2 Å². The van der Waals surface area contributed by atoms with Gasteiger partial charge in [0.25, 0.3) is 5.91 Å². The lowest BCUT2D eigenvalue weighted by molar-refractivity contribution is -0.140. The number of halogens is 3. The summed E-state index contributed by atoms with van der Waals surface area (Å²) < 4.78 is 50.9. The van der Waals surface area contributed by atoms with Gasteiger partial charge in [0.1, 0.15) is 17.0 Å². The number of methoxy groups -OCH3 is 1. The number of amides is 1. The van der Waals surface area contributed by atoms with Crippen LogP contribution in [0.5, 0.6) is 5.75 Å². The molecule has 2 aromatic heterocycles. The highest BCUT2D eigenvalue weighted by Crippen LogP contribution is 2.37. The van der Waals surface area contributed by atoms with Crippen LogP contribution in [0.25, 0.3) is 22.4 Å². The maximum absolute atomic E-state index is 13.4. The number of likely N-dealkylation sites (tertiary alicyclic amines) is 1. The van der Waals surface area contributed by atoms with Crippen LogP contribution < -0.4 is 10.5 Å². The summed E-state index contributed by atoms with van der Waals surface area (Å²) in [5.41, 5.74) is 5.80. The third-order valence-electron chi connectivity index (χ3n) is 6.86. The lowest BCUT2D eigenvalue weighted by atomic mass is 9.89. The number of pyridine rings is 1. The molecule has 8 nitrogen and oxygen atoms in total. The molecule has 0 spiro atoms. The number of benzene rings is 2. The molecule has 1 amide bonds. The van der Waals surface area contributed by atoms with Gasteiger partial charge in [0, 0.05) is 35.5 Å². The van der Waals surface area contributed by atoms with Gasteiger partial charge in [-0.05, 0) is 37.1 Å². The van der Waals surface area contributed by atoms with Gasteiger partial charge in [-0.25, -0.2) is 9.97 Å². The third-order valence-corrected chi connectivity index (χ3v) is 6.86. The number of carbonyl (C=O) groups is 2. The Morgan fingerprint density at radius 2 is 1.77 bits per heavy atom. The summed E-state index contributed by atoms with van der Waals surface area (Å²) in [4.78, 5) is 36.0. The Bertz CT molecular complexity index is 1530. The second kappa shape index (κ2) is 10.5. The first-order valence-electron chi connectivity index (χ1n) is 12.3. The molecule has 2 N–H and O–H groups in total. The van der Waals surface area contributed by atoms with Crippen LogP contribution >= 0.6 is 0 Å². The molecule has 1 aliphatic heterocycles. The summed E-state index contributed by atoms with van der Waals surface area (Å²) >= 11 is 0. The molecule has 1 saturated heterocycles. The molecule has 2 aromatic carbocycles. The summed E-state index contributed by atoms with van der Waals surface area (Å²) in [5.74, 6) is -0.176. The predicted molar refractivity (Wildman–Crippen MR) is 136 cm³/mol. The number of hydrogen-bond donors (Lipinski definition) is 1. The van der Waals surface area contributed by atoms with E-state index in [2.05, 4.69) is 9.97 Å². The number of ketones is 1. The summed E-state index contributed by atoms with van der Waals surface area (Å²) in [6.45, 7) is 0.620. The average Bonchev–Trinajstić information content (AvgIpc) is 3.40. The Hall–Kier alpha value is -4.25.